The maximum atomic E-state index is 11.8. The van der Waals surface area contributed by atoms with E-state index in [1.165, 1.54) is 5.57 Å². The van der Waals surface area contributed by atoms with Gasteiger partial charge in [-0.2, -0.15) is 0 Å². The third-order valence-electron chi connectivity index (χ3n) is 2.99. The lowest BCUT2D eigenvalue weighted by molar-refractivity contribution is -0.117. The van der Waals surface area contributed by atoms with Gasteiger partial charge in [-0.05, 0) is 12.5 Å². The van der Waals surface area contributed by atoms with Crippen LogP contribution in [0.1, 0.15) is 12.7 Å². The quantitative estimate of drug-likeness (QED) is 0.683. The summed E-state index contributed by atoms with van der Waals surface area (Å²) in [5.74, 6) is 0.893. The Morgan fingerprint density at radius 3 is 2.88 bits per heavy atom. The first-order valence-electron chi connectivity index (χ1n) is 5.69. The van der Waals surface area contributed by atoms with Crippen LogP contribution in [-0.4, -0.2) is 40.3 Å². The minimum atomic E-state index is 0.0173. The molecule has 1 fully saturated rings. The Labute approximate surface area is 100 Å². The predicted molar refractivity (Wildman–Crippen MR) is 63.3 cm³/mol. The van der Waals surface area contributed by atoms with Crippen molar-refractivity contribution in [1.82, 2.24) is 25.4 Å². The fourth-order valence-corrected chi connectivity index (χ4v) is 1.63. The molecule has 6 nitrogen and oxygen atoms in total. The fraction of sp³-hybridized carbons (Fsp3) is 0.545. The molecule has 0 aromatic carbocycles. The highest BCUT2D eigenvalue weighted by Gasteiger charge is 2.15. The highest BCUT2D eigenvalue weighted by atomic mass is 16.1. The number of amides is 1. The highest BCUT2D eigenvalue weighted by molar-refractivity contribution is 5.93. The van der Waals surface area contributed by atoms with Crippen LogP contribution in [0, 0.1) is 0 Å². The van der Waals surface area contributed by atoms with Gasteiger partial charge in [-0.15, -0.1) is 10.2 Å². The van der Waals surface area contributed by atoms with Crippen LogP contribution in [0.3, 0.4) is 0 Å². The van der Waals surface area contributed by atoms with E-state index in [-0.39, 0.29) is 5.91 Å². The van der Waals surface area contributed by atoms with E-state index < -0.39 is 0 Å². The number of aromatic nitrogens is 3. The fourth-order valence-electron chi connectivity index (χ4n) is 1.63. The van der Waals surface area contributed by atoms with E-state index in [2.05, 4.69) is 20.8 Å². The molecule has 2 N–H and O–H groups in total. The zero-order chi connectivity index (χ0) is 12.3. The summed E-state index contributed by atoms with van der Waals surface area (Å²) in [5, 5.41) is 13.8. The molecule has 1 aromatic heterocycles. The van der Waals surface area contributed by atoms with Crippen molar-refractivity contribution in [3.63, 3.8) is 0 Å². The average molecular weight is 235 g/mol. The minimum Gasteiger partial charge on any atom is -0.352 e. The molecule has 2 heterocycles. The van der Waals surface area contributed by atoms with Gasteiger partial charge in [0.25, 0.3) is 0 Å². The lowest BCUT2D eigenvalue weighted by atomic mass is 10.0. The topological polar surface area (TPSA) is 71.8 Å². The van der Waals surface area contributed by atoms with Crippen molar-refractivity contribution in [3.05, 3.63) is 23.3 Å². The van der Waals surface area contributed by atoms with Gasteiger partial charge in [0, 0.05) is 38.7 Å². The van der Waals surface area contributed by atoms with E-state index >= 15 is 0 Å². The molecule has 17 heavy (non-hydrogen) atoms. The molecule has 0 spiro atoms. The van der Waals surface area contributed by atoms with E-state index in [4.69, 9.17) is 0 Å². The maximum absolute atomic E-state index is 11.8. The number of hydrogen-bond acceptors (Lipinski definition) is 4. The van der Waals surface area contributed by atoms with Gasteiger partial charge >= 0.3 is 0 Å². The SMILES string of the molecule is CC(C(=O)NCCc1nncn1C)=C1CNC1. The molecule has 0 atom stereocenters. The summed E-state index contributed by atoms with van der Waals surface area (Å²) in [6.07, 6.45) is 2.35. The Morgan fingerprint density at radius 2 is 2.35 bits per heavy atom. The molecule has 0 saturated carbocycles. The molecule has 2 rings (SSSR count). The lowest BCUT2D eigenvalue weighted by Crippen LogP contribution is -2.38. The summed E-state index contributed by atoms with van der Waals surface area (Å²) in [7, 11) is 1.89. The molecule has 92 valence electrons. The Morgan fingerprint density at radius 1 is 1.59 bits per heavy atom. The van der Waals surface area contributed by atoms with Gasteiger partial charge in [-0.1, -0.05) is 0 Å². The van der Waals surface area contributed by atoms with Crippen LogP contribution in [0.4, 0.5) is 0 Å². The third kappa shape index (κ3) is 2.71. The molecule has 0 radical (unpaired) electrons. The van der Waals surface area contributed by atoms with Gasteiger partial charge < -0.3 is 15.2 Å². The van der Waals surface area contributed by atoms with E-state index in [1.54, 1.807) is 6.33 Å². The maximum Gasteiger partial charge on any atom is 0.246 e. The second kappa shape index (κ2) is 5.09. The average Bonchev–Trinajstić information content (AvgIpc) is 2.61. The van der Waals surface area contributed by atoms with E-state index in [0.29, 0.717) is 13.0 Å². The first kappa shape index (κ1) is 11.8. The third-order valence-corrected chi connectivity index (χ3v) is 2.99. The van der Waals surface area contributed by atoms with Gasteiger partial charge in [0.2, 0.25) is 5.91 Å². The molecule has 0 aliphatic carbocycles. The van der Waals surface area contributed by atoms with Crippen molar-refractivity contribution in [1.29, 1.82) is 0 Å². The molecule has 1 saturated heterocycles. The number of carbonyl (C=O) groups is 1. The normalized spacial score (nSPS) is 14.4. The van der Waals surface area contributed by atoms with Gasteiger partial charge in [-0.3, -0.25) is 4.79 Å². The number of nitrogens with one attached hydrogen (secondary N) is 2. The molecule has 0 unspecified atom stereocenters. The first-order chi connectivity index (χ1) is 8.18. The Bertz CT molecular complexity index is 442. The first-order valence-corrected chi connectivity index (χ1v) is 5.69. The Balaban J connectivity index is 1.79. The highest BCUT2D eigenvalue weighted by Crippen LogP contribution is 2.08. The van der Waals surface area contributed by atoms with Gasteiger partial charge in [0.15, 0.2) is 0 Å². The van der Waals surface area contributed by atoms with Crippen LogP contribution < -0.4 is 10.6 Å². The second-order valence-electron chi connectivity index (χ2n) is 4.20. The summed E-state index contributed by atoms with van der Waals surface area (Å²) >= 11 is 0. The minimum absolute atomic E-state index is 0.0173. The van der Waals surface area contributed by atoms with Gasteiger partial charge in [0.05, 0.1) is 0 Å². The number of hydrogen-bond donors (Lipinski definition) is 2. The van der Waals surface area contributed by atoms with Crippen LogP contribution in [0.2, 0.25) is 0 Å². The van der Waals surface area contributed by atoms with Crippen LogP contribution in [0.25, 0.3) is 0 Å². The molecular formula is C11H17N5O. The summed E-state index contributed by atoms with van der Waals surface area (Å²) in [4.78, 5) is 11.8. The molecule has 1 aliphatic rings. The predicted octanol–water partition coefficient (Wildman–Crippen LogP) is -0.606. The molecule has 0 bridgehead atoms. The summed E-state index contributed by atoms with van der Waals surface area (Å²) in [6, 6.07) is 0. The number of carbonyl (C=O) groups excluding carboxylic acids is 1. The van der Waals surface area contributed by atoms with Crippen molar-refractivity contribution < 1.29 is 4.79 Å². The summed E-state index contributed by atoms with van der Waals surface area (Å²) < 4.78 is 1.85. The lowest BCUT2D eigenvalue weighted by Gasteiger charge is -2.21. The number of rotatable bonds is 4. The van der Waals surface area contributed by atoms with Crippen LogP contribution in [-0.2, 0) is 18.3 Å². The smallest absolute Gasteiger partial charge is 0.246 e. The molecule has 6 heteroatoms. The van der Waals surface area contributed by atoms with Crippen molar-refractivity contribution in [3.8, 4) is 0 Å². The molecular weight excluding hydrogens is 218 g/mol. The number of nitrogens with zero attached hydrogens (tertiary/aromatic N) is 3. The van der Waals surface area contributed by atoms with Crippen molar-refractivity contribution in [2.24, 2.45) is 7.05 Å². The Hall–Kier alpha value is -1.69. The van der Waals surface area contributed by atoms with Crippen LogP contribution >= 0.6 is 0 Å². The Kier molecular flexibility index (Phi) is 3.53. The largest absolute Gasteiger partial charge is 0.352 e. The molecule has 1 aliphatic heterocycles. The monoisotopic (exact) mass is 235 g/mol. The van der Waals surface area contributed by atoms with Gasteiger partial charge in [0.1, 0.15) is 12.2 Å². The van der Waals surface area contributed by atoms with Gasteiger partial charge in [-0.25, -0.2) is 0 Å². The van der Waals surface area contributed by atoms with E-state index in [1.807, 2.05) is 18.5 Å². The van der Waals surface area contributed by atoms with Crippen LogP contribution in [0.15, 0.2) is 17.5 Å². The van der Waals surface area contributed by atoms with Crippen molar-refractivity contribution >= 4 is 5.91 Å². The van der Waals surface area contributed by atoms with E-state index in [0.717, 1.165) is 24.5 Å². The van der Waals surface area contributed by atoms with Crippen LogP contribution in [0.5, 0.6) is 0 Å². The molecule has 1 amide bonds. The second-order valence-corrected chi connectivity index (χ2v) is 4.20. The summed E-state index contributed by atoms with van der Waals surface area (Å²) in [5.41, 5.74) is 2.03. The van der Waals surface area contributed by atoms with Crippen molar-refractivity contribution in [2.45, 2.75) is 13.3 Å². The number of aryl methyl sites for hydroxylation is 1. The standard InChI is InChI=1S/C11H17N5O/c1-8(9-5-12-6-9)11(17)13-4-3-10-15-14-7-16(10)2/h7,12H,3-6H2,1-2H3,(H,13,17). The summed E-state index contributed by atoms with van der Waals surface area (Å²) in [6.45, 7) is 4.13. The zero-order valence-electron chi connectivity index (χ0n) is 10.2. The van der Waals surface area contributed by atoms with E-state index in [9.17, 15) is 4.79 Å². The van der Waals surface area contributed by atoms with Crippen molar-refractivity contribution in [2.75, 3.05) is 19.6 Å². The molecule has 1 aromatic rings. The zero-order valence-corrected chi connectivity index (χ0v) is 10.2.